The Kier molecular flexibility index (Phi) is 3.78. The van der Waals surface area contributed by atoms with Crippen LogP contribution in [-0.2, 0) is 0 Å². The van der Waals surface area contributed by atoms with Gasteiger partial charge in [0.1, 0.15) is 5.75 Å². The highest BCUT2D eigenvalue weighted by Crippen LogP contribution is 2.22. The van der Waals surface area contributed by atoms with E-state index in [0.29, 0.717) is 5.56 Å². The summed E-state index contributed by atoms with van der Waals surface area (Å²) in [7, 11) is 0. The van der Waals surface area contributed by atoms with Gasteiger partial charge in [-0.2, -0.15) is 0 Å². The van der Waals surface area contributed by atoms with Gasteiger partial charge in [-0.15, -0.1) is 0 Å². The van der Waals surface area contributed by atoms with Crippen molar-refractivity contribution in [2.24, 2.45) is 0 Å². The second-order valence-corrected chi connectivity index (χ2v) is 4.30. The SMILES string of the molecule is Cc1cccc(C)c1OCC(=O)c1ccccc1. The minimum Gasteiger partial charge on any atom is -0.485 e. The van der Waals surface area contributed by atoms with E-state index in [2.05, 4.69) is 0 Å². The lowest BCUT2D eigenvalue weighted by atomic mass is 10.1. The molecule has 2 heteroatoms. The molecule has 0 heterocycles. The second-order valence-electron chi connectivity index (χ2n) is 4.30. The molecule has 0 atom stereocenters. The van der Waals surface area contributed by atoms with Gasteiger partial charge in [0.15, 0.2) is 12.4 Å². The molecule has 0 aliphatic heterocycles. The van der Waals surface area contributed by atoms with E-state index >= 15 is 0 Å². The molecule has 0 spiro atoms. The van der Waals surface area contributed by atoms with E-state index < -0.39 is 0 Å². The number of aryl methyl sites for hydroxylation is 2. The molecule has 0 amide bonds. The van der Waals surface area contributed by atoms with E-state index in [0.717, 1.165) is 16.9 Å². The van der Waals surface area contributed by atoms with E-state index in [1.165, 1.54) is 0 Å². The van der Waals surface area contributed by atoms with Crippen LogP contribution in [0.1, 0.15) is 21.5 Å². The van der Waals surface area contributed by atoms with E-state index in [-0.39, 0.29) is 12.4 Å². The number of ether oxygens (including phenoxy) is 1. The van der Waals surface area contributed by atoms with Crippen LogP contribution >= 0.6 is 0 Å². The number of carbonyl (C=O) groups excluding carboxylic acids is 1. The highest BCUT2D eigenvalue weighted by molar-refractivity contribution is 5.97. The Morgan fingerprint density at radius 1 is 0.944 bits per heavy atom. The van der Waals surface area contributed by atoms with Gasteiger partial charge in [-0.1, -0.05) is 48.5 Å². The Hall–Kier alpha value is -2.09. The molecule has 0 saturated heterocycles. The number of ketones is 1. The molecule has 0 bridgehead atoms. The van der Waals surface area contributed by atoms with Gasteiger partial charge in [0.25, 0.3) is 0 Å². The summed E-state index contributed by atoms with van der Waals surface area (Å²) in [5.74, 6) is 0.806. The zero-order chi connectivity index (χ0) is 13.0. The van der Waals surface area contributed by atoms with Gasteiger partial charge in [-0.05, 0) is 25.0 Å². The Labute approximate surface area is 107 Å². The van der Waals surface area contributed by atoms with Crippen LogP contribution in [0.3, 0.4) is 0 Å². The Morgan fingerprint density at radius 3 is 2.17 bits per heavy atom. The number of Topliss-reactive ketones (excluding diaryl/α,β-unsaturated/α-hetero) is 1. The third-order valence-corrected chi connectivity index (χ3v) is 2.85. The van der Waals surface area contributed by atoms with Crippen LogP contribution < -0.4 is 4.74 Å². The molecule has 2 rings (SSSR count). The third kappa shape index (κ3) is 2.77. The lowest BCUT2D eigenvalue weighted by Crippen LogP contribution is -2.12. The normalized spacial score (nSPS) is 10.1. The number of benzene rings is 2. The van der Waals surface area contributed by atoms with Crippen molar-refractivity contribution in [1.29, 1.82) is 0 Å². The first kappa shape index (κ1) is 12.4. The molecule has 0 fully saturated rings. The lowest BCUT2D eigenvalue weighted by molar-refractivity contribution is 0.0920. The fourth-order valence-electron chi connectivity index (χ4n) is 1.87. The number of para-hydroxylation sites is 1. The average Bonchev–Trinajstić information content (AvgIpc) is 2.39. The summed E-state index contributed by atoms with van der Waals surface area (Å²) in [6, 6.07) is 15.1. The summed E-state index contributed by atoms with van der Waals surface area (Å²) in [6.45, 7) is 4.04. The molecular formula is C16H16O2. The van der Waals surface area contributed by atoms with Crippen molar-refractivity contribution in [2.45, 2.75) is 13.8 Å². The maximum atomic E-state index is 11.9. The minimum atomic E-state index is -0.00162. The predicted molar refractivity (Wildman–Crippen MR) is 72.2 cm³/mol. The van der Waals surface area contributed by atoms with Crippen LogP contribution in [-0.4, -0.2) is 12.4 Å². The van der Waals surface area contributed by atoms with Crippen LogP contribution in [0.15, 0.2) is 48.5 Å². The molecule has 18 heavy (non-hydrogen) atoms. The van der Waals surface area contributed by atoms with Crippen LogP contribution in [0.25, 0.3) is 0 Å². The molecule has 2 nitrogen and oxygen atoms in total. The van der Waals surface area contributed by atoms with Gasteiger partial charge in [-0.3, -0.25) is 4.79 Å². The van der Waals surface area contributed by atoms with Crippen molar-refractivity contribution in [1.82, 2.24) is 0 Å². The fraction of sp³-hybridized carbons (Fsp3) is 0.188. The topological polar surface area (TPSA) is 26.3 Å². The molecule has 0 saturated carbocycles. The molecule has 2 aromatic rings. The first-order valence-electron chi connectivity index (χ1n) is 5.96. The van der Waals surface area contributed by atoms with Crippen LogP contribution in [0.5, 0.6) is 5.75 Å². The van der Waals surface area contributed by atoms with Crippen LogP contribution in [0.4, 0.5) is 0 Å². The largest absolute Gasteiger partial charge is 0.485 e. The molecule has 0 aromatic heterocycles. The van der Waals surface area contributed by atoms with Gasteiger partial charge in [0, 0.05) is 5.56 Å². The van der Waals surface area contributed by atoms with Gasteiger partial charge < -0.3 is 4.74 Å². The monoisotopic (exact) mass is 240 g/mol. The van der Waals surface area contributed by atoms with Crippen molar-refractivity contribution >= 4 is 5.78 Å². The molecule has 0 aliphatic rings. The Morgan fingerprint density at radius 2 is 1.56 bits per heavy atom. The van der Waals surface area contributed by atoms with E-state index in [1.54, 1.807) is 12.1 Å². The Bertz CT molecular complexity index is 524. The molecule has 0 N–H and O–H groups in total. The van der Waals surface area contributed by atoms with Gasteiger partial charge >= 0.3 is 0 Å². The summed E-state index contributed by atoms with van der Waals surface area (Å²) < 4.78 is 5.63. The summed E-state index contributed by atoms with van der Waals surface area (Å²) in [6.07, 6.45) is 0. The number of carbonyl (C=O) groups is 1. The Balaban J connectivity index is 2.07. The predicted octanol–water partition coefficient (Wildman–Crippen LogP) is 3.57. The van der Waals surface area contributed by atoms with Gasteiger partial charge in [0.05, 0.1) is 0 Å². The quantitative estimate of drug-likeness (QED) is 0.764. The summed E-state index contributed by atoms with van der Waals surface area (Å²) in [5, 5.41) is 0. The van der Waals surface area contributed by atoms with E-state index in [9.17, 15) is 4.79 Å². The molecule has 0 aliphatic carbocycles. The van der Waals surface area contributed by atoms with E-state index in [1.807, 2.05) is 50.2 Å². The number of rotatable bonds is 4. The van der Waals surface area contributed by atoms with Crippen molar-refractivity contribution in [3.63, 3.8) is 0 Å². The maximum Gasteiger partial charge on any atom is 0.200 e. The van der Waals surface area contributed by atoms with Crippen molar-refractivity contribution < 1.29 is 9.53 Å². The van der Waals surface area contributed by atoms with Crippen LogP contribution in [0, 0.1) is 13.8 Å². The molecule has 0 unspecified atom stereocenters. The maximum absolute atomic E-state index is 11.9. The average molecular weight is 240 g/mol. The fourth-order valence-corrected chi connectivity index (χ4v) is 1.87. The highest BCUT2D eigenvalue weighted by atomic mass is 16.5. The summed E-state index contributed by atoms with van der Waals surface area (Å²) in [4.78, 5) is 11.9. The number of hydrogen-bond donors (Lipinski definition) is 0. The molecule has 2 aromatic carbocycles. The molecule has 92 valence electrons. The molecular weight excluding hydrogens is 224 g/mol. The van der Waals surface area contributed by atoms with Crippen molar-refractivity contribution in [3.05, 3.63) is 65.2 Å². The van der Waals surface area contributed by atoms with Crippen molar-refractivity contribution in [2.75, 3.05) is 6.61 Å². The zero-order valence-corrected chi connectivity index (χ0v) is 10.6. The summed E-state index contributed by atoms with van der Waals surface area (Å²) in [5.41, 5.74) is 2.79. The van der Waals surface area contributed by atoms with E-state index in [4.69, 9.17) is 4.74 Å². The third-order valence-electron chi connectivity index (χ3n) is 2.85. The van der Waals surface area contributed by atoms with Gasteiger partial charge in [-0.25, -0.2) is 0 Å². The van der Waals surface area contributed by atoms with Crippen molar-refractivity contribution in [3.8, 4) is 5.75 Å². The van der Waals surface area contributed by atoms with Gasteiger partial charge in [0.2, 0.25) is 0 Å². The van der Waals surface area contributed by atoms with Crippen LogP contribution in [0.2, 0.25) is 0 Å². The molecule has 0 radical (unpaired) electrons. The standard InChI is InChI=1S/C16H16O2/c1-12-7-6-8-13(2)16(12)18-11-15(17)14-9-4-3-5-10-14/h3-10H,11H2,1-2H3. The lowest BCUT2D eigenvalue weighted by Gasteiger charge is -2.11. The number of hydrogen-bond acceptors (Lipinski definition) is 2. The zero-order valence-electron chi connectivity index (χ0n) is 10.6. The highest BCUT2D eigenvalue weighted by Gasteiger charge is 2.08. The minimum absolute atomic E-state index is 0.00162. The smallest absolute Gasteiger partial charge is 0.200 e. The second kappa shape index (κ2) is 5.50. The first-order valence-corrected chi connectivity index (χ1v) is 5.96. The summed E-state index contributed by atoms with van der Waals surface area (Å²) >= 11 is 0. The first-order chi connectivity index (χ1) is 8.68.